The van der Waals surface area contributed by atoms with Gasteiger partial charge in [-0.1, -0.05) is 28.1 Å². The summed E-state index contributed by atoms with van der Waals surface area (Å²) in [5.41, 5.74) is 2.45. The van der Waals surface area contributed by atoms with Crippen molar-refractivity contribution in [1.82, 2.24) is 14.9 Å². The van der Waals surface area contributed by atoms with Crippen molar-refractivity contribution in [3.63, 3.8) is 0 Å². The van der Waals surface area contributed by atoms with E-state index in [2.05, 4.69) is 72.4 Å². The summed E-state index contributed by atoms with van der Waals surface area (Å²) in [6, 6.07) is 8.48. The lowest BCUT2D eigenvalue weighted by atomic mass is 10.1. The van der Waals surface area contributed by atoms with Crippen LogP contribution in [0.25, 0.3) is 21.3 Å². The second-order valence-corrected chi connectivity index (χ2v) is 7.95. The van der Waals surface area contributed by atoms with Gasteiger partial charge in [-0.15, -0.1) is 11.3 Å². The zero-order valence-corrected chi connectivity index (χ0v) is 16.0. The summed E-state index contributed by atoms with van der Waals surface area (Å²) in [5, 5.41) is 3.39. The highest BCUT2D eigenvalue weighted by molar-refractivity contribution is 9.10. The van der Waals surface area contributed by atoms with Gasteiger partial charge in [-0.25, -0.2) is 9.97 Å². The molecule has 3 aromatic rings. The average molecular weight is 403 g/mol. The van der Waals surface area contributed by atoms with E-state index in [9.17, 15) is 0 Å². The van der Waals surface area contributed by atoms with Crippen molar-refractivity contribution in [1.29, 1.82) is 0 Å². The lowest BCUT2D eigenvalue weighted by Crippen LogP contribution is -2.29. The van der Waals surface area contributed by atoms with E-state index in [1.807, 2.05) is 0 Å². The van der Waals surface area contributed by atoms with E-state index < -0.39 is 0 Å². The van der Waals surface area contributed by atoms with Crippen LogP contribution in [0, 0.1) is 0 Å². The minimum Gasteiger partial charge on any atom is -0.355 e. The molecule has 1 saturated heterocycles. The molecule has 2 aromatic heterocycles. The Balaban J connectivity index is 1.81. The average Bonchev–Trinajstić information content (AvgIpc) is 2.91. The molecule has 0 spiro atoms. The maximum atomic E-state index is 4.67. The molecule has 3 heterocycles. The molecule has 0 amide bonds. The Morgan fingerprint density at radius 2 is 1.88 bits per heavy atom. The number of anilines is 1. The summed E-state index contributed by atoms with van der Waals surface area (Å²) < 4.78 is 1.10. The lowest BCUT2D eigenvalue weighted by Gasteiger charge is -2.22. The Labute approximate surface area is 154 Å². The van der Waals surface area contributed by atoms with E-state index in [1.165, 1.54) is 22.9 Å². The first-order valence-corrected chi connectivity index (χ1v) is 9.81. The Bertz CT molecular complexity index is 846. The fourth-order valence-corrected chi connectivity index (χ4v) is 4.37. The molecule has 0 radical (unpaired) electrons. The molecule has 4 nitrogen and oxygen atoms in total. The SMILES string of the molecule is CN1CCCN(c2ncnc3scc(-c4ccc(Br)cc4)c23)CC1. The van der Waals surface area contributed by atoms with E-state index in [4.69, 9.17) is 0 Å². The van der Waals surface area contributed by atoms with E-state index in [-0.39, 0.29) is 0 Å². The van der Waals surface area contributed by atoms with Gasteiger partial charge in [0.1, 0.15) is 17.0 Å². The van der Waals surface area contributed by atoms with Gasteiger partial charge in [0, 0.05) is 35.1 Å². The van der Waals surface area contributed by atoms with E-state index >= 15 is 0 Å². The first-order chi connectivity index (χ1) is 11.7. The Morgan fingerprint density at radius 3 is 2.71 bits per heavy atom. The van der Waals surface area contributed by atoms with Crippen LogP contribution in [0.4, 0.5) is 5.82 Å². The Morgan fingerprint density at radius 1 is 1.04 bits per heavy atom. The molecule has 0 bridgehead atoms. The van der Waals surface area contributed by atoms with Crippen LogP contribution >= 0.6 is 27.3 Å². The molecular formula is C18H19BrN4S. The van der Waals surface area contributed by atoms with Crippen LogP contribution in [0.5, 0.6) is 0 Å². The molecule has 4 rings (SSSR count). The van der Waals surface area contributed by atoms with E-state index in [0.717, 1.165) is 41.3 Å². The van der Waals surface area contributed by atoms with Crippen molar-refractivity contribution in [3.05, 3.63) is 40.4 Å². The highest BCUT2D eigenvalue weighted by Crippen LogP contribution is 2.38. The third-order valence-corrected chi connectivity index (χ3v) is 5.94. The molecule has 0 saturated carbocycles. The Hall–Kier alpha value is -1.50. The van der Waals surface area contributed by atoms with Crippen LogP contribution in [0.1, 0.15) is 6.42 Å². The van der Waals surface area contributed by atoms with Crippen LogP contribution < -0.4 is 4.90 Å². The molecular weight excluding hydrogens is 384 g/mol. The normalized spacial score (nSPS) is 16.5. The standard InChI is InChI=1S/C18H19BrN4S/c1-22-7-2-8-23(10-9-22)17-16-15(11-24-18(16)21-12-20-17)13-3-5-14(19)6-4-13/h3-6,11-12H,2,7-10H2,1H3. The van der Waals surface area contributed by atoms with Gasteiger partial charge in [-0.05, 0) is 37.7 Å². The molecule has 1 fully saturated rings. The van der Waals surface area contributed by atoms with Gasteiger partial charge in [0.2, 0.25) is 0 Å². The number of hydrogen-bond acceptors (Lipinski definition) is 5. The van der Waals surface area contributed by atoms with Gasteiger partial charge in [-0.2, -0.15) is 0 Å². The third kappa shape index (κ3) is 3.06. The quantitative estimate of drug-likeness (QED) is 0.640. The topological polar surface area (TPSA) is 32.3 Å². The third-order valence-electron chi connectivity index (χ3n) is 4.52. The number of likely N-dealkylation sites (N-methyl/N-ethyl adjacent to an activating group) is 1. The summed E-state index contributed by atoms with van der Waals surface area (Å²) in [4.78, 5) is 15.0. The van der Waals surface area contributed by atoms with Crippen molar-refractivity contribution < 1.29 is 0 Å². The van der Waals surface area contributed by atoms with Crippen molar-refractivity contribution in [2.75, 3.05) is 38.1 Å². The number of benzene rings is 1. The van der Waals surface area contributed by atoms with Gasteiger partial charge in [0.25, 0.3) is 0 Å². The number of thiophene rings is 1. The Kier molecular flexibility index (Phi) is 4.52. The zero-order valence-electron chi connectivity index (χ0n) is 13.6. The van der Waals surface area contributed by atoms with E-state index in [1.54, 1.807) is 17.7 Å². The minimum atomic E-state index is 1.01. The summed E-state index contributed by atoms with van der Waals surface area (Å²) >= 11 is 5.21. The fourth-order valence-electron chi connectivity index (χ4n) is 3.20. The maximum Gasteiger partial charge on any atom is 0.141 e. The predicted molar refractivity (Wildman–Crippen MR) is 105 cm³/mol. The highest BCUT2D eigenvalue weighted by atomic mass is 79.9. The molecule has 0 unspecified atom stereocenters. The minimum absolute atomic E-state index is 1.01. The summed E-state index contributed by atoms with van der Waals surface area (Å²) in [5.74, 6) is 1.08. The van der Waals surface area contributed by atoms with E-state index in [0.29, 0.717) is 0 Å². The van der Waals surface area contributed by atoms with Gasteiger partial charge in [-0.3, -0.25) is 0 Å². The summed E-state index contributed by atoms with van der Waals surface area (Å²) in [6.45, 7) is 4.28. The second-order valence-electron chi connectivity index (χ2n) is 6.18. The summed E-state index contributed by atoms with van der Waals surface area (Å²) in [6.07, 6.45) is 2.87. The lowest BCUT2D eigenvalue weighted by molar-refractivity contribution is 0.360. The smallest absolute Gasteiger partial charge is 0.141 e. The molecule has 24 heavy (non-hydrogen) atoms. The van der Waals surface area contributed by atoms with Gasteiger partial charge in [0.05, 0.1) is 5.39 Å². The number of fused-ring (bicyclic) bond motifs is 1. The number of aromatic nitrogens is 2. The van der Waals surface area contributed by atoms with Crippen molar-refractivity contribution in [2.24, 2.45) is 0 Å². The van der Waals surface area contributed by atoms with Crippen molar-refractivity contribution >= 4 is 43.3 Å². The van der Waals surface area contributed by atoms with Crippen LogP contribution in [-0.4, -0.2) is 48.1 Å². The molecule has 1 aliphatic rings. The van der Waals surface area contributed by atoms with Crippen molar-refractivity contribution in [2.45, 2.75) is 6.42 Å². The largest absolute Gasteiger partial charge is 0.355 e. The number of hydrogen-bond donors (Lipinski definition) is 0. The van der Waals surface area contributed by atoms with Gasteiger partial charge >= 0.3 is 0 Å². The molecule has 0 atom stereocenters. The number of nitrogens with zero attached hydrogens (tertiary/aromatic N) is 4. The molecule has 1 aromatic carbocycles. The number of rotatable bonds is 2. The second kappa shape index (κ2) is 6.78. The molecule has 0 N–H and O–H groups in total. The fraction of sp³-hybridized carbons (Fsp3) is 0.333. The molecule has 6 heteroatoms. The van der Waals surface area contributed by atoms with Crippen LogP contribution in [0.15, 0.2) is 40.4 Å². The maximum absolute atomic E-state index is 4.67. The first kappa shape index (κ1) is 16.0. The summed E-state index contributed by atoms with van der Waals surface area (Å²) in [7, 11) is 2.19. The van der Waals surface area contributed by atoms with Gasteiger partial charge in [0.15, 0.2) is 0 Å². The van der Waals surface area contributed by atoms with Crippen LogP contribution in [-0.2, 0) is 0 Å². The van der Waals surface area contributed by atoms with Crippen molar-refractivity contribution in [3.8, 4) is 11.1 Å². The first-order valence-electron chi connectivity index (χ1n) is 8.14. The van der Waals surface area contributed by atoms with Gasteiger partial charge < -0.3 is 9.80 Å². The predicted octanol–water partition coefficient (Wildman–Crippen LogP) is 4.26. The van der Waals surface area contributed by atoms with Crippen LogP contribution in [0.2, 0.25) is 0 Å². The molecule has 1 aliphatic heterocycles. The highest BCUT2D eigenvalue weighted by Gasteiger charge is 2.20. The molecule has 124 valence electrons. The zero-order chi connectivity index (χ0) is 16.5. The monoisotopic (exact) mass is 402 g/mol. The molecule has 0 aliphatic carbocycles. The number of halogens is 1. The van der Waals surface area contributed by atoms with Crippen LogP contribution in [0.3, 0.4) is 0 Å².